The van der Waals surface area contributed by atoms with Gasteiger partial charge >= 0.3 is 6.01 Å². The molecule has 0 spiro atoms. The highest BCUT2D eigenvalue weighted by atomic mass is 32.2. The molecule has 0 aliphatic heterocycles. The first-order valence-corrected chi connectivity index (χ1v) is 5.08. The van der Waals surface area contributed by atoms with E-state index in [0.29, 0.717) is 17.1 Å². The van der Waals surface area contributed by atoms with Crippen molar-refractivity contribution in [2.75, 3.05) is 18.1 Å². The highest BCUT2D eigenvalue weighted by Crippen LogP contribution is 2.07. The average molecular weight is 187 g/mol. The van der Waals surface area contributed by atoms with Gasteiger partial charge < -0.3 is 9.84 Å². The first kappa shape index (κ1) is 9.38. The zero-order valence-corrected chi connectivity index (χ0v) is 8.31. The topological polar surface area (TPSA) is 51.0 Å². The van der Waals surface area contributed by atoms with Gasteiger partial charge in [0.25, 0.3) is 0 Å². The normalized spacial score (nSPS) is 12.9. The summed E-state index contributed by atoms with van der Waals surface area (Å²) in [6.45, 7) is 4.79. The number of anilines is 1. The van der Waals surface area contributed by atoms with Gasteiger partial charge in [-0.05, 0) is 13.2 Å². The van der Waals surface area contributed by atoms with E-state index in [-0.39, 0.29) is 0 Å². The van der Waals surface area contributed by atoms with Crippen molar-refractivity contribution in [3.8, 4) is 0 Å². The number of hydrogen-bond acceptors (Lipinski definition) is 5. The van der Waals surface area contributed by atoms with Crippen molar-refractivity contribution in [2.45, 2.75) is 19.1 Å². The van der Waals surface area contributed by atoms with Crippen LogP contribution < -0.4 is 5.32 Å². The number of rotatable bonds is 4. The maximum Gasteiger partial charge on any atom is 0.321 e. The molecule has 1 aromatic rings. The fourth-order valence-electron chi connectivity index (χ4n) is 0.683. The van der Waals surface area contributed by atoms with E-state index < -0.39 is 0 Å². The number of nitrogens with zero attached hydrogens (tertiary/aromatic N) is 2. The van der Waals surface area contributed by atoms with Crippen LogP contribution in [0.25, 0.3) is 0 Å². The molecule has 5 heteroatoms. The molecule has 0 aromatic carbocycles. The first-order valence-electron chi connectivity index (χ1n) is 3.79. The van der Waals surface area contributed by atoms with E-state index in [4.69, 9.17) is 4.52 Å². The molecule has 0 bridgehead atoms. The maximum absolute atomic E-state index is 4.88. The minimum absolute atomic E-state index is 0.508. The SMILES string of the molecule is CSC(C)CNc1nc(C)no1. The predicted molar refractivity (Wildman–Crippen MR) is 50.5 cm³/mol. The van der Waals surface area contributed by atoms with Crippen LogP contribution >= 0.6 is 11.8 Å². The molecule has 0 aliphatic rings. The lowest BCUT2D eigenvalue weighted by molar-refractivity contribution is 0.425. The third kappa shape index (κ3) is 2.73. The third-order valence-corrected chi connectivity index (χ3v) is 2.44. The van der Waals surface area contributed by atoms with Crippen LogP contribution in [0.4, 0.5) is 6.01 Å². The lowest BCUT2D eigenvalue weighted by Gasteiger charge is -2.06. The largest absolute Gasteiger partial charge is 0.337 e. The van der Waals surface area contributed by atoms with Crippen molar-refractivity contribution in [3.63, 3.8) is 0 Å². The molecule has 0 aliphatic carbocycles. The van der Waals surface area contributed by atoms with Gasteiger partial charge in [-0.15, -0.1) is 0 Å². The fraction of sp³-hybridized carbons (Fsp3) is 0.714. The zero-order chi connectivity index (χ0) is 8.97. The Labute approximate surface area is 76.1 Å². The van der Waals surface area contributed by atoms with Crippen molar-refractivity contribution in [3.05, 3.63) is 5.82 Å². The highest BCUT2D eigenvalue weighted by Gasteiger charge is 2.03. The van der Waals surface area contributed by atoms with E-state index in [2.05, 4.69) is 28.6 Å². The van der Waals surface area contributed by atoms with Gasteiger partial charge in [0.05, 0.1) is 0 Å². The summed E-state index contributed by atoms with van der Waals surface area (Å²) in [6.07, 6.45) is 2.07. The number of aryl methyl sites for hydroxylation is 1. The van der Waals surface area contributed by atoms with E-state index >= 15 is 0 Å². The summed E-state index contributed by atoms with van der Waals surface area (Å²) in [5.41, 5.74) is 0. The van der Waals surface area contributed by atoms with Gasteiger partial charge in [0.15, 0.2) is 5.82 Å². The van der Waals surface area contributed by atoms with Crippen molar-refractivity contribution in [1.82, 2.24) is 10.1 Å². The Hall–Kier alpha value is -0.710. The molecule has 1 unspecified atom stereocenters. The van der Waals surface area contributed by atoms with E-state index in [1.165, 1.54) is 0 Å². The number of aromatic nitrogens is 2. The number of thioether (sulfide) groups is 1. The summed E-state index contributed by atoms with van der Waals surface area (Å²) in [4.78, 5) is 4.02. The van der Waals surface area contributed by atoms with Gasteiger partial charge in [-0.1, -0.05) is 12.1 Å². The second-order valence-corrected chi connectivity index (χ2v) is 3.85. The number of hydrogen-bond donors (Lipinski definition) is 1. The second-order valence-electron chi connectivity index (χ2n) is 2.57. The predicted octanol–water partition coefficient (Wildman–Crippen LogP) is 1.54. The van der Waals surface area contributed by atoms with Crippen LogP contribution in [-0.4, -0.2) is 28.2 Å². The molecule has 1 heterocycles. The molecule has 0 saturated carbocycles. The fourth-order valence-corrected chi connectivity index (χ4v) is 0.933. The lowest BCUT2D eigenvalue weighted by atomic mass is 10.5. The van der Waals surface area contributed by atoms with Crippen LogP contribution in [0.1, 0.15) is 12.7 Å². The molecule has 0 amide bonds. The number of nitrogens with one attached hydrogen (secondary N) is 1. The molecular formula is C7H13N3OS. The van der Waals surface area contributed by atoms with Crippen molar-refractivity contribution in [1.29, 1.82) is 0 Å². The lowest BCUT2D eigenvalue weighted by Crippen LogP contribution is -2.12. The summed E-state index contributed by atoms with van der Waals surface area (Å²) in [6, 6.07) is 0.508. The van der Waals surface area contributed by atoms with Crippen LogP contribution in [-0.2, 0) is 0 Å². The van der Waals surface area contributed by atoms with Crippen molar-refractivity contribution in [2.24, 2.45) is 0 Å². The van der Waals surface area contributed by atoms with E-state index in [9.17, 15) is 0 Å². The minimum Gasteiger partial charge on any atom is -0.337 e. The summed E-state index contributed by atoms with van der Waals surface area (Å²) in [7, 11) is 0. The zero-order valence-electron chi connectivity index (χ0n) is 7.50. The molecule has 0 radical (unpaired) electrons. The molecule has 12 heavy (non-hydrogen) atoms. The maximum atomic E-state index is 4.88. The Balaban J connectivity index is 2.33. The highest BCUT2D eigenvalue weighted by molar-refractivity contribution is 7.99. The molecule has 0 saturated heterocycles. The Morgan fingerprint density at radius 1 is 1.67 bits per heavy atom. The Morgan fingerprint density at radius 3 is 2.92 bits per heavy atom. The molecule has 68 valence electrons. The van der Waals surface area contributed by atoms with E-state index in [1.807, 2.05) is 0 Å². The summed E-state index contributed by atoms with van der Waals surface area (Å²) >= 11 is 1.80. The second kappa shape index (κ2) is 4.35. The monoisotopic (exact) mass is 187 g/mol. The van der Waals surface area contributed by atoms with Crippen LogP contribution in [0.5, 0.6) is 0 Å². The summed E-state index contributed by atoms with van der Waals surface area (Å²) < 4.78 is 4.88. The Bertz CT molecular complexity index is 238. The quantitative estimate of drug-likeness (QED) is 0.775. The van der Waals surface area contributed by atoms with Crippen molar-refractivity contribution < 1.29 is 4.52 Å². The Morgan fingerprint density at radius 2 is 2.42 bits per heavy atom. The summed E-state index contributed by atoms with van der Waals surface area (Å²) in [5.74, 6) is 0.661. The molecule has 1 N–H and O–H groups in total. The van der Waals surface area contributed by atoms with Crippen LogP contribution in [0, 0.1) is 6.92 Å². The van der Waals surface area contributed by atoms with Gasteiger partial charge in [0.1, 0.15) is 0 Å². The molecule has 0 fully saturated rings. The van der Waals surface area contributed by atoms with Gasteiger partial charge in [0, 0.05) is 11.8 Å². The molecule has 1 aromatic heterocycles. The van der Waals surface area contributed by atoms with E-state index in [0.717, 1.165) is 6.54 Å². The van der Waals surface area contributed by atoms with Gasteiger partial charge in [-0.2, -0.15) is 16.7 Å². The van der Waals surface area contributed by atoms with Gasteiger partial charge in [-0.25, -0.2) is 0 Å². The van der Waals surface area contributed by atoms with Crippen LogP contribution in [0.2, 0.25) is 0 Å². The minimum atomic E-state index is 0.508. The third-order valence-electron chi connectivity index (χ3n) is 1.47. The average Bonchev–Trinajstić information content (AvgIpc) is 2.47. The summed E-state index contributed by atoms with van der Waals surface area (Å²) in [5, 5.41) is 7.27. The molecular weight excluding hydrogens is 174 g/mol. The smallest absolute Gasteiger partial charge is 0.321 e. The molecule has 4 nitrogen and oxygen atoms in total. The van der Waals surface area contributed by atoms with Gasteiger partial charge in [-0.3, -0.25) is 0 Å². The van der Waals surface area contributed by atoms with Crippen LogP contribution in [0.15, 0.2) is 4.52 Å². The van der Waals surface area contributed by atoms with Gasteiger partial charge in [0.2, 0.25) is 0 Å². The standard InChI is InChI=1S/C7H13N3OS/c1-5(12-3)4-8-7-9-6(2)10-11-7/h5H,4H2,1-3H3,(H,8,9,10). The first-order chi connectivity index (χ1) is 5.72. The van der Waals surface area contributed by atoms with E-state index in [1.54, 1.807) is 18.7 Å². The van der Waals surface area contributed by atoms with Crippen molar-refractivity contribution >= 4 is 17.8 Å². The molecule has 1 atom stereocenters. The molecule has 1 rings (SSSR count). The Kier molecular flexibility index (Phi) is 3.40. The van der Waals surface area contributed by atoms with Crippen LogP contribution in [0.3, 0.4) is 0 Å².